The van der Waals surface area contributed by atoms with Gasteiger partial charge in [-0.05, 0) is 42.9 Å². The van der Waals surface area contributed by atoms with Gasteiger partial charge in [0.2, 0.25) is 0 Å². The molecular formula is C16H28. The summed E-state index contributed by atoms with van der Waals surface area (Å²) in [7, 11) is 0. The van der Waals surface area contributed by atoms with E-state index in [0.717, 1.165) is 11.8 Å². The van der Waals surface area contributed by atoms with Crippen LogP contribution in [0.2, 0.25) is 0 Å². The van der Waals surface area contributed by atoms with Gasteiger partial charge in [0.25, 0.3) is 0 Å². The van der Waals surface area contributed by atoms with E-state index >= 15 is 0 Å². The Morgan fingerprint density at radius 1 is 1.38 bits per heavy atom. The molecule has 0 spiro atoms. The molecule has 0 radical (unpaired) electrons. The SMILES string of the molecule is CC(C)CC1CC=C(/C=C/C(C)(C)C)CC1. The molecule has 1 atom stereocenters. The molecule has 1 unspecified atom stereocenters. The van der Waals surface area contributed by atoms with Crippen LogP contribution in [0.5, 0.6) is 0 Å². The first-order valence-electron chi connectivity index (χ1n) is 6.75. The van der Waals surface area contributed by atoms with Gasteiger partial charge in [-0.1, -0.05) is 58.4 Å². The molecule has 0 fully saturated rings. The third-order valence-electron chi connectivity index (χ3n) is 3.16. The summed E-state index contributed by atoms with van der Waals surface area (Å²) in [5.41, 5.74) is 1.87. The fraction of sp³-hybridized carbons (Fsp3) is 0.750. The molecule has 0 aromatic carbocycles. The lowest BCUT2D eigenvalue weighted by atomic mass is 9.83. The minimum atomic E-state index is 0.315. The summed E-state index contributed by atoms with van der Waals surface area (Å²) in [6.07, 6.45) is 12.5. The molecule has 0 heteroatoms. The van der Waals surface area contributed by atoms with Crippen molar-refractivity contribution < 1.29 is 0 Å². The van der Waals surface area contributed by atoms with Gasteiger partial charge in [0.1, 0.15) is 0 Å². The van der Waals surface area contributed by atoms with Gasteiger partial charge in [-0.25, -0.2) is 0 Å². The lowest BCUT2D eigenvalue weighted by Gasteiger charge is -2.22. The zero-order valence-electron chi connectivity index (χ0n) is 11.7. The van der Waals surface area contributed by atoms with Crippen molar-refractivity contribution in [2.45, 2.75) is 60.3 Å². The molecule has 1 aliphatic rings. The van der Waals surface area contributed by atoms with E-state index < -0.39 is 0 Å². The third-order valence-corrected chi connectivity index (χ3v) is 3.16. The minimum absolute atomic E-state index is 0.315. The van der Waals surface area contributed by atoms with Gasteiger partial charge in [0, 0.05) is 0 Å². The molecule has 0 aliphatic heterocycles. The fourth-order valence-electron chi connectivity index (χ4n) is 2.30. The lowest BCUT2D eigenvalue weighted by molar-refractivity contribution is 0.379. The average Bonchev–Trinajstić information content (AvgIpc) is 2.14. The van der Waals surface area contributed by atoms with Gasteiger partial charge in [-0.3, -0.25) is 0 Å². The number of allylic oxidation sites excluding steroid dienone is 4. The first kappa shape index (κ1) is 13.5. The number of hydrogen-bond acceptors (Lipinski definition) is 0. The van der Waals surface area contributed by atoms with Gasteiger partial charge in [0.15, 0.2) is 0 Å². The van der Waals surface area contributed by atoms with E-state index in [1.807, 2.05) is 0 Å². The van der Waals surface area contributed by atoms with E-state index in [1.54, 1.807) is 5.57 Å². The van der Waals surface area contributed by atoms with E-state index in [2.05, 4.69) is 52.8 Å². The molecule has 0 saturated heterocycles. The largest absolute Gasteiger partial charge is 0.0811 e. The third kappa shape index (κ3) is 5.53. The van der Waals surface area contributed by atoms with Crippen LogP contribution in [0.15, 0.2) is 23.8 Å². The van der Waals surface area contributed by atoms with Crippen molar-refractivity contribution in [3.05, 3.63) is 23.8 Å². The maximum Gasteiger partial charge on any atom is -0.0200 e. The fourth-order valence-corrected chi connectivity index (χ4v) is 2.30. The van der Waals surface area contributed by atoms with Crippen LogP contribution in [0.25, 0.3) is 0 Å². The van der Waals surface area contributed by atoms with Crippen molar-refractivity contribution >= 4 is 0 Å². The summed E-state index contributed by atoms with van der Waals surface area (Å²) in [5.74, 6) is 1.79. The summed E-state index contributed by atoms with van der Waals surface area (Å²) >= 11 is 0. The Bertz CT molecular complexity index is 260. The second-order valence-electron chi connectivity index (χ2n) is 6.75. The van der Waals surface area contributed by atoms with Crippen LogP contribution < -0.4 is 0 Å². The van der Waals surface area contributed by atoms with E-state index in [1.165, 1.54) is 25.7 Å². The Morgan fingerprint density at radius 2 is 2.06 bits per heavy atom. The highest BCUT2D eigenvalue weighted by molar-refractivity contribution is 5.22. The van der Waals surface area contributed by atoms with E-state index in [0.29, 0.717) is 5.41 Å². The van der Waals surface area contributed by atoms with Gasteiger partial charge in [-0.2, -0.15) is 0 Å². The quantitative estimate of drug-likeness (QED) is 0.600. The average molecular weight is 220 g/mol. The molecule has 92 valence electrons. The number of rotatable bonds is 3. The van der Waals surface area contributed by atoms with Crippen LogP contribution in [-0.4, -0.2) is 0 Å². The molecule has 0 nitrogen and oxygen atoms in total. The Morgan fingerprint density at radius 3 is 2.50 bits per heavy atom. The van der Waals surface area contributed by atoms with Gasteiger partial charge < -0.3 is 0 Å². The first-order valence-corrected chi connectivity index (χ1v) is 6.75. The summed E-state index contributed by atoms with van der Waals surface area (Å²) in [5, 5.41) is 0. The van der Waals surface area contributed by atoms with Crippen molar-refractivity contribution in [3.63, 3.8) is 0 Å². The molecule has 0 amide bonds. The van der Waals surface area contributed by atoms with Crippen LogP contribution in [0, 0.1) is 17.3 Å². The van der Waals surface area contributed by atoms with Crippen molar-refractivity contribution in [1.29, 1.82) is 0 Å². The van der Waals surface area contributed by atoms with Crippen molar-refractivity contribution in [1.82, 2.24) is 0 Å². The van der Waals surface area contributed by atoms with Crippen LogP contribution in [0.3, 0.4) is 0 Å². The van der Waals surface area contributed by atoms with Gasteiger partial charge in [-0.15, -0.1) is 0 Å². The van der Waals surface area contributed by atoms with Gasteiger partial charge >= 0.3 is 0 Å². The highest BCUT2D eigenvalue weighted by atomic mass is 14.2. The Balaban J connectivity index is 2.44. The molecule has 16 heavy (non-hydrogen) atoms. The summed E-state index contributed by atoms with van der Waals surface area (Å²) < 4.78 is 0. The molecule has 0 saturated carbocycles. The molecule has 0 N–H and O–H groups in total. The minimum Gasteiger partial charge on any atom is -0.0811 e. The molecule has 1 rings (SSSR count). The van der Waals surface area contributed by atoms with Crippen molar-refractivity contribution in [3.8, 4) is 0 Å². The van der Waals surface area contributed by atoms with Crippen molar-refractivity contribution in [2.75, 3.05) is 0 Å². The molecule has 0 heterocycles. The Kier molecular flexibility index (Phi) is 4.83. The standard InChI is InChI=1S/C16H28/c1-13(2)12-15-8-6-14(7-9-15)10-11-16(3,4)5/h6,10-11,13,15H,7-9,12H2,1-5H3/b11-10+. The highest BCUT2D eigenvalue weighted by Crippen LogP contribution is 2.29. The topological polar surface area (TPSA) is 0 Å². The smallest absolute Gasteiger partial charge is 0.0200 e. The summed E-state index contributed by atoms with van der Waals surface area (Å²) in [4.78, 5) is 0. The van der Waals surface area contributed by atoms with E-state index in [-0.39, 0.29) is 0 Å². The van der Waals surface area contributed by atoms with Crippen LogP contribution in [-0.2, 0) is 0 Å². The van der Waals surface area contributed by atoms with E-state index in [9.17, 15) is 0 Å². The zero-order chi connectivity index (χ0) is 12.2. The summed E-state index contributed by atoms with van der Waals surface area (Å²) in [6.45, 7) is 11.4. The maximum absolute atomic E-state index is 2.46. The molecular weight excluding hydrogens is 192 g/mol. The maximum atomic E-state index is 2.46. The molecule has 0 bridgehead atoms. The van der Waals surface area contributed by atoms with E-state index in [4.69, 9.17) is 0 Å². The lowest BCUT2D eigenvalue weighted by Crippen LogP contribution is -2.08. The monoisotopic (exact) mass is 220 g/mol. The van der Waals surface area contributed by atoms with Crippen molar-refractivity contribution in [2.24, 2.45) is 17.3 Å². The van der Waals surface area contributed by atoms with Crippen LogP contribution in [0.1, 0.15) is 60.3 Å². The first-order chi connectivity index (χ1) is 7.37. The highest BCUT2D eigenvalue weighted by Gasteiger charge is 2.14. The van der Waals surface area contributed by atoms with Crippen LogP contribution in [0.4, 0.5) is 0 Å². The molecule has 0 aromatic rings. The normalized spacial score (nSPS) is 22.9. The Hall–Kier alpha value is -0.520. The predicted molar refractivity (Wildman–Crippen MR) is 73.5 cm³/mol. The second-order valence-corrected chi connectivity index (χ2v) is 6.75. The zero-order valence-corrected chi connectivity index (χ0v) is 11.7. The molecule has 1 aliphatic carbocycles. The van der Waals surface area contributed by atoms with Gasteiger partial charge in [0.05, 0.1) is 0 Å². The predicted octanol–water partition coefficient (Wildman–Crippen LogP) is 5.36. The number of hydrogen-bond donors (Lipinski definition) is 0. The van der Waals surface area contributed by atoms with Crippen LogP contribution >= 0.6 is 0 Å². The summed E-state index contributed by atoms with van der Waals surface area (Å²) in [6, 6.07) is 0. The molecule has 0 aromatic heterocycles. The second kappa shape index (κ2) is 5.70. The Labute approximate surface area is 102 Å².